The highest BCUT2D eigenvalue weighted by atomic mass is 35.5. The van der Waals surface area contributed by atoms with Gasteiger partial charge < -0.3 is 10.1 Å². The van der Waals surface area contributed by atoms with Crippen LogP contribution in [-0.4, -0.2) is 17.6 Å². The first-order valence-electron chi connectivity index (χ1n) is 7.55. The van der Waals surface area contributed by atoms with E-state index in [4.69, 9.17) is 40.2 Å². The molecule has 5 nitrogen and oxygen atoms in total. The van der Waals surface area contributed by atoms with Crippen molar-refractivity contribution < 1.29 is 9.53 Å². The van der Waals surface area contributed by atoms with Gasteiger partial charge in [0, 0.05) is 15.7 Å². The smallest absolute Gasteiger partial charge is 0.245 e. The monoisotopic (exact) mass is 395 g/mol. The van der Waals surface area contributed by atoms with Crippen molar-refractivity contribution in [2.75, 3.05) is 11.9 Å². The van der Waals surface area contributed by atoms with Crippen LogP contribution in [0.25, 0.3) is 0 Å². The number of rotatable bonds is 2. The molecule has 25 heavy (non-hydrogen) atoms. The van der Waals surface area contributed by atoms with E-state index in [9.17, 15) is 4.79 Å². The highest BCUT2D eigenvalue weighted by molar-refractivity contribution is 7.80. The van der Waals surface area contributed by atoms with Crippen molar-refractivity contribution in [3.05, 3.63) is 58.1 Å². The number of carbonyl (C=O) groups excluding carboxylic acids is 1. The quantitative estimate of drug-likeness (QED) is 0.535. The van der Waals surface area contributed by atoms with Gasteiger partial charge in [-0.3, -0.25) is 15.6 Å². The van der Waals surface area contributed by atoms with Crippen molar-refractivity contribution in [3.63, 3.8) is 0 Å². The Morgan fingerprint density at radius 3 is 2.72 bits per heavy atom. The van der Waals surface area contributed by atoms with Crippen LogP contribution in [0, 0.1) is 5.92 Å². The second-order valence-corrected chi connectivity index (χ2v) is 6.82. The van der Waals surface area contributed by atoms with Gasteiger partial charge in [-0.2, -0.15) is 0 Å². The number of fused-ring (bicyclic) bond motifs is 1. The molecule has 0 saturated heterocycles. The number of ether oxygens (including phenoxy) is 1. The van der Waals surface area contributed by atoms with Gasteiger partial charge in [-0.25, -0.2) is 0 Å². The number of thiocarbonyl (C=S) groups is 1. The van der Waals surface area contributed by atoms with E-state index in [1.165, 1.54) is 0 Å². The first kappa shape index (κ1) is 17.8. The average molecular weight is 396 g/mol. The van der Waals surface area contributed by atoms with Crippen molar-refractivity contribution >= 4 is 52.1 Å². The summed E-state index contributed by atoms with van der Waals surface area (Å²) in [7, 11) is 0. The molecule has 1 aliphatic rings. The van der Waals surface area contributed by atoms with Gasteiger partial charge in [0.05, 0.1) is 5.92 Å². The van der Waals surface area contributed by atoms with Crippen molar-refractivity contribution in [1.29, 1.82) is 0 Å². The summed E-state index contributed by atoms with van der Waals surface area (Å²) in [6.07, 6.45) is 0.553. The Labute approximate surface area is 160 Å². The predicted octanol–water partition coefficient (Wildman–Crippen LogP) is 3.56. The molecule has 0 saturated carbocycles. The van der Waals surface area contributed by atoms with E-state index in [2.05, 4.69) is 16.2 Å². The van der Waals surface area contributed by atoms with Crippen LogP contribution in [0.15, 0.2) is 42.5 Å². The fourth-order valence-electron chi connectivity index (χ4n) is 2.48. The van der Waals surface area contributed by atoms with E-state index in [1.54, 1.807) is 24.3 Å². The lowest BCUT2D eigenvalue weighted by Gasteiger charge is -2.25. The maximum Gasteiger partial charge on any atom is 0.245 e. The standard InChI is InChI=1S/C17H15Cl2N3O2S/c18-12-2-1-3-14(8-12)20-17(25)22-21-16(23)11-6-10-7-13(19)4-5-15(10)24-9-11/h1-5,7-8,11H,6,9H2,(H,21,23)(H2,20,22,25)/t11-/m0/s1. The summed E-state index contributed by atoms with van der Waals surface area (Å²) in [5.41, 5.74) is 6.91. The van der Waals surface area contributed by atoms with Gasteiger partial charge in [-0.15, -0.1) is 0 Å². The van der Waals surface area contributed by atoms with E-state index in [-0.39, 0.29) is 16.9 Å². The van der Waals surface area contributed by atoms with Gasteiger partial charge in [-0.1, -0.05) is 29.3 Å². The Bertz CT molecular complexity index is 816. The van der Waals surface area contributed by atoms with Crippen LogP contribution in [0.1, 0.15) is 5.56 Å². The molecule has 2 aromatic rings. The minimum atomic E-state index is -0.326. The van der Waals surface area contributed by atoms with E-state index < -0.39 is 0 Å². The van der Waals surface area contributed by atoms with E-state index in [1.807, 2.05) is 18.2 Å². The van der Waals surface area contributed by atoms with Gasteiger partial charge in [0.15, 0.2) is 5.11 Å². The second-order valence-electron chi connectivity index (χ2n) is 5.54. The Hall–Kier alpha value is -2.02. The molecule has 0 spiro atoms. The summed E-state index contributed by atoms with van der Waals surface area (Å²) in [5.74, 6) is 0.229. The summed E-state index contributed by atoms with van der Waals surface area (Å²) in [4.78, 5) is 12.3. The number of amides is 1. The van der Waals surface area contributed by atoms with Crippen molar-refractivity contribution in [3.8, 4) is 5.75 Å². The molecule has 1 aliphatic heterocycles. The van der Waals surface area contributed by atoms with Crippen molar-refractivity contribution in [1.82, 2.24) is 10.9 Å². The first-order valence-corrected chi connectivity index (χ1v) is 8.71. The van der Waals surface area contributed by atoms with Crippen LogP contribution in [0.2, 0.25) is 10.0 Å². The lowest BCUT2D eigenvalue weighted by molar-refractivity contribution is -0.126. The zero-order valence-electron chi connectivity index (χ0n) is 13.0. The summed E-state index contributed by atoms with van der Waals surface area (Å²) in [6, 6.07) is 12.5. The van der Waals surface area contributed by atoms with Crippen LogP contribution in [0.3, 0.4) is 0 Å². The molecule has 1 heterocycles. The Morgan fingerprint density at radius 2 is 1.92 bits per heavy atom. The van der Waals surface area contributed by atoms with E-state index in [0.717, 1.165) is 17.0 Å². The van der Waals surface area contributed by atoms with Crippen molar-refractivity contribution in [2.45, 2.75) is 6.42 Å². The Kier molecular flexibility index (Phi) is 5.63. The lowest BCUT2D eigenvalue weighted by Crippen LogP contribution is -2.48. The number of hydrogen-bond donors (Lipinski definition) is 3. The molecule has 1 amide bonds. The van der Waals surface area contributed by atoms with E-state index >= 15 is 0 Å². The van der Waals surface area contributed by atoms with Crippen LogP contribution >= 0.6 is 35.4 Å². The highest BCUT2D eigenvalue weighted by Gasteiger charge is 2.26. The SMILES string of the molecule is O=C(NNC(=S)Nc1cccc(Cl)c1)[C@@H]1COc2ccc(Cl)cc2C1. The number of nitrogens with one attached hydrogen (secondary N) is 3. The molecule has 1 atom stereocenters. The molecule has 130 valence electrons. The number of hydrazine groups is 1. The number of benzene rings is 2. The number of halogens is 2. The molecule has 0 unspecified atom stereocenters. The van der Waals surface area contributed by atoms with Gasteiger partial charge in [0.1, 0.15) is 12.4 Å². The number of hydrogen-bond acceptors (Lipinski definition) is 3. The van der Waals surface area contributed by atoms with Gasteiger partial charge in [0.25, 0.3) is 0 Å². The van der Waals surface area contributed by atoms with E-state index in [0.29, 0.717) is 23.1 Å². The maximum atomic E-state index is 12.3. The molecule has 8 heteroatoms. The van der Waals surface area contributed by atoms with Crippen LogP contribution in [0.5, 0.6) is 5.75 Å². The summed E-state index contributed by atoms with van der Waals surface area (Å²) in [6.45, 7) is 0.302. The third-order valence-corrected chi connectivity index (χ3v) is 4.36. The zero-order valence-corrected chi connectivity index (χ0v) is 15.3. The van der Waals surface area contributed by atoms with Crippen LogP contribution in [-0.2, 0) is 11.2 Å². The van der Waals surface area contributed by atoms with Crippen LogP contribution in [0.4, 0.5) is 5.69 Å². The molecule has 3 rings (SSSR count). The Balaban J connectivity index is 1.52. The highest BCUT2D eigenvalue weighted by Crippen LogP contribution is 2.29. The molecule has 0 aromatic heterocycles. The summed E-state index contributed by atoms with van der Waals surface area (Å²) >= 11 is 17.1. The normalized spacial score (nSPS) is 15.5. The van der Waals surface area contributed by atoms with Crippen LogP contribution < -0.4 is 20.9 Å². The molecule has 0 radical (unpaired) electrons. The van der Waals surface area contributed by atoms with Gasteiger partial charge >= 0.3 is 0 Å². The second kappa shape index (κ2) is 7.91. The third-order valence-electron chi connectivity index (χ3n) is 3.68. The molecule has 2 aromatic carbocycles. The third kappa shape index (κ3) is 4.75. The van der Waals surface area contributed by atoms with Gasteiger partial charge in [-0.05, 0) is 60.6 Å². The molecule has 3 N–H and O–H groups in total. The largest absolute Gasteiger partial charge is 0.492 e. The molecule has 0 aliphatic carbocycles. The fourth-order valence-corrected chi connectivity index (χ4v) is 3.03. The predicted molar refractivity (Wildman–Crippen MR) is 103 cm³/mol. The summed E-state index contributed by atoms with van der Waals surface area (Å²) in [5, 5.41) is 4.41. The molecule has 0 bridgehead atoms. The minimum Gasteiger partial charge on any atom is -0.492 e. The Morgan fingerprint density at radius 1 is 1.12 bits per heavy atom. The maximum absolute atomic E-state index is 12.3. The molecule has 0 fully saturated rings. The summed E-state index contributed by atoms with van der Waals surface area (Å²) < 4.78 is 5.62. The lowest BCUT2D eigenvalue weighted by atomic mass is 9.96. The molecular formula is C17H15Cl2N3O2S. The number of anilines is 1. The topological polar surface area (TPSA) is 62.4 Å². The number of carbonyl (C=O) groups is 1. The van der Waals surface area contributed by atoms with Crippen molar-refractivity contribution in [2.24, 2.45) is 5.92 Å². The fraction of sp³-hybridized carbons (Fsp3) is 0.176. The first-order chi connectivity index (χ1) is 12.0. The van der Waals surface area contributed by atoms with Gasteiger partial charge in [0.2, 0.25) is 5.91 Å². The molecular weight excluding hydrogens is 381 g/mol. The average Bonchev–Trinajstić information content (AvgIpc) is 2.59. The zero-order chi connectivity index (χ0) is 17.8. The minimum absolute atomic E-state index is 0.208.